The van der Waals surface area contributed by atoms with E-state index in [9.17, 15) is 14.4 Å². The molecule has 0 aromatic carbocycles. The zero-order chi connectivity index (χ0) is 21.8. The van der Waals surface area contributed by atoms with Crippen LogP contribution >= 0.6 is 12.4 Å². The summed E-state index contributed by atoms with van der Waals surface area (Å²) in [5.74, 6) is 1.48. The molecule has 3 aliphatic rings. The topological polar surface area (TPSA) is 78.8 Å². The van der Waals surface area contributed by atoms with Crippen molar-refractivity contribution in [3.05, 3.63) is 27.9 Å². The van der Waals surface area contributed by atoms with Crippen molar-refractivity contribution in [1.82, 2.24) is 24.3 Å². The third kappa shape index (κ3) is 5.90. The molecule has 0 saturated carbocycles. The second-order valence-electron chi connectivity index (χ2n) is 9.19. The molecule has 0 N–H and O–H groups in total. The van der Waals surface area contributed by atoms with Gasteiger partial charge in [0.15, 0.2) is 0 Å². The predicted octanol–water partition coefficient (Wildman–Crippen LogP) is 1.65. The average Bonchev–Trinajstić information content (AvgIpc) is 3.15. The Balaban J connectivity index is 0.00000289. The summed E-state index contributed by atoms with van der Waals surface area (Å²) in [7, 11) is 0. The Labute approximate surface area is 196 Å². The van der Waals surface area contributed by atoms with Gasteiger partial charge in [-0.15, -0.1) is 12.4 Å². The van der Waals surface area contributed by atoms with Gasteiger partial charge in [-0.1, -0.05) is 6.42 Å². The van der Waals surface area contributed by atoms with Gasteiger partial charge < -0.3 is 9.80 Å². The van der Waals surface area contributed by atoms with Gasteiger partial charge >= 0.3 is 0 Å². The summed E-state index contributed by atoms with van der Waals surface area (Å²) in [5.41, 5.74) is 1.00. The smallest absolute Gasteiger partial charge is 0.253 e. The Bertz CT molecular complexity index is 866. The van der Waals surface area contributed by atoms with Crippen molar-refractivity contribution >= 4 is 24.2 Å². The van der Waals surface area contributed by atoms with Crippen LogP contribution < -0.4 is 5.56 Å². The molecule has 0 atom stereocenters. The highest BCUT2D eigenvalue weighted by Gasteiger charge is 2.27. The van der Waals surface area contributed by atoms with Crippen LogP contribution in [0.4, 0.5) is 0 Å². The lowest BCUT2D eigenvalue weighted by Crippen LogP contribution is -2.45. The maximum Gasteiger partial charge on any atom is 0.253 e. The van der Waals surface area contributed by atoms with E-state index in [0.717, 1.165) is 95.7 Å². The Morgan fingerprint density at radius 3 is 2.47 bits per heavy atom. The number of hydrogen-bond donors (Lipinski definition) is 0. The average molecular weight is 466 g/mol. The van der Waals surface area contributed by atoms with Crippen molar-refractivity contribution < 1.29 is 9.59 Å². The lowest BCUT2D eigenvalue weighted by Gasteiger charge is -2.33. The number of carbonyl (C=O) groups excluding carboxylic acids is 2. The molecule has 4 rings (SSSR count). The second-order valence-corrected chi connectivity index (χ2v) is 9.19. The van der Waals surface area contributed by atoms with E-state index in [0.29, 0.717) is 13.1 Å². The van der Waals surface area contributed by atoms with Crippen molar-refractivity contribution in [2.24, 2.45) is 0 Å². The molecule has 9 heteroatoms. The van der Waals surface area contributed by atoms with Crippen molar-refractivity contribution in [3.63, 3.8) is 0 Å². The van der Waals surface area contributed by atoms with Gasteiger partial charge in [0.25, 0.3) is 5.56 Å². The highest BCUT2D eigenvalue weighted by atomic mass is 35.5. The standard InChI is InChI=1S/C23H35N5O3.ClH/c1-18(29)26-10-5-9-25(14-15-26)17-23(31)27-12-7-19(8-13-27)20-16-22(30)28-11-4-2-3-6-21(28)24-20;/h16,19H,2-15,17H2,1H3;1H. The van der Waals surface area contributed by atoms with Crippen LogP contribution in [0.1, 0.15) is 62.9 Å². The minimum absolute atomic E-state index is 0. The Kier molecular flexibility index (Phi) is 8.71. The molecule has 0 unspecified atom stereocenters. The lowest BCUT2D eigenvalue weighted by molar-refractivity contribution is -0.133. The van der Waals surface area contributed by atoms with Gasteiger partial charge in [0.2, 0.25) is 11.8 Å². The first kappa shape index (κ1) is 24.7. The van der Waals surface area contributed by atoms with Crippen molar-refractivity contribution in [2.75, 3.05) is 45.8 Å². The van der Waals surface area contributed by atoms with Crippen LogP contribution in [0.5, 0.6) is 0 Å². The van der Waals surface area contributed by atoms with Crippen LogP contribution in [0.2, 0.25) is 0 Å². The van der Waals surface area contributed by atoms with E-state index in [1.807, 2.05) is 14.4 Å². The van der Waals surface area contributed by atoms with E-state index in [4.69, 9.17) is 4.98 Å². The molecule has 2 fully saturated rings. The van der Waals surface area contributed by atoms with Crippen molar-refractivity contribution in [1.29, 1.82) is 0 Å². The first-order valence-corrected chi connectivity index (χ1v) is 11.9. The van der Waals surface area contributed by atoms with Gasteiger partial charge in [-0.2, -0.15) is 0 Å². The number of amides is 2. The highest BCUT2D eigenvalue weighted by Crippen LogP contribution is 2.27. The zero-order valence-corrected chi connectivity index (χ0v) is 19.9. The normalized spacial score (nSPS) is 20.7. The molecule has 2 saturated heterocycles. The van der Waals surface area contributed by atoms with Gasteiger partial charge in [-0.05, 0) is 32.1 Å². The molecular formula is C23H36ClN5O3. The molecule has 32 heavy (non-hydrogen) atoms. The fraction of sp³-hybridized carbons (Fsp3) is 0.739. The molecule has 0 spiro atoms. The van der Waals surface area contributed by atoms with E-state index in [1.165, 1.54) is 0 Å². The van der Waals surface area contributed by atoms with E-state index in [-0.39, 0.29) is 35.7 Å². The Hall–Kier alpha value is -1.93. The van der Waals surface area contributed by atoms with Gasteiger partial charge in [0, 0.05) is 71.1 Å². The molecule has 2 amide bonds. The number of carbonyl (C=O) groups is 2. The largest absolute Gasteiger partial charge is 0.342 e. The van der Waals surface area contributed by atoms with Gasteiger partial charge in [-0.3, -0.25) is 23.9 Å². The minimum Gasteiger partial charge on any atom is -0.342 e. The minimum atomic E-state index is 0. The molecular weight excluding hydrogens is 430 g/mol. The third-order valence-corrected chi connectivity index (χ3v) is 7.05. The monoisotopic (exact) mass is 465 g/mol. The summed E-state index contributed by atoms with van der Waals surface area (Å²) >= 11 is 0. The number of nitrogens with zero attached hydrogens (tertiary/aromatic N) is 5. The fourth-order valence-electron chi connectivity index (χ4n) is 5.10. The van der Waals surface area contributed by atoms with E-state index in [1.54, 1.807) is 13.0 Å². The number of aryl methyl sites for hydroxylation is 1. The number of rotatable bonds is 3. The van der Waals surface area contributed by atoms with Crippen molar-refractivity contribution in [3.8, 4) is 0 Å². The summed E-state index contributed by atoms with van der Waals surface area (Å²) in [6.45, 7) is 7.35. The third-order valence-electron chi connectivity index (χ3n) is 7.05. The van der Waals surface area contributed by atoms with Crippen LogP contribution in [-0.2, 0) is 22.6 Å². The number of fused-ring (bicyclic) bond motifs is 1. The lowest BCUT2D eigenvalue weighted by atomic mass is 9.93. The number of aromatic nitrogens is 2. The molecule has 4 heterocycles. The summed E-state index contributed by atoms with van der Waals surface area (Å²) in [6, 6.07) is 1.73. The first-order valence-electron chi connectivity index (χ1n) is 11.9. The van der Waals surface area contributed by atoms with Gasteiger partial charge in [0.05, 0.1) is 12.2 Å². The maximum absolute atomic E-state index is 12.9. The summed E-state index contributed by atoms with van der Waals surface area (Å²) in [5, 5.41) is 0. The summed E-state index contributed by atoms with van der Waals surface area (Å²) in [6.07, 6.45) is 6.83. The highest BCUT2D eigenvalue weighted by molar-refractivity contribution is 5.85. The predicted molar refractivity (Wildman–Crippen MR) is 125 cm³/mol. The molecule has 3 aliphatic heterocycles. The maximum atomic E-state index is 12.9. The molecule has 0 radical (unpaired) electrons. The summed E-state index contributed by atoms with van der Waals surface area (Å²) in [4.78, 5) is 47.9. The van der Waals surface area contributed by atoms with Crippen LogP contribution in [0.25, 0.3) is 0 Å². The van der Waals surface area contributed by atoms with Gasteiger partial charge in [0.1, 0.15) is 5.82 Å². The molecule has 1 aromatic rings. The van der Waals surface area contributed by atoms with E-state index in [2.05, 4.69) is 4.90 Å². The number of piperidine rings is 1. The van der Waals surface area contributed by atoms with Crippen molar-refractivity contribution in [2.45, 2.75) is 64.3 Å². The Morgan fingerprint density at radius 2 is 1.72 bits per heavy atom. The van der Waals surface area contributed by atoms with Crippen LogP contribution in [0.3, 0.4) is 0 Å². The second kappa shape index (κ2) is 11.3. The zero-order valence-electron chi connectivity index (χ0n) is 19.1. The summed E-state index contributed by atoms with van der Waals surface area (Å²) < 4.78 is 1.85. The van der Waals surface area contributed by atoms with Gasteiger partial charge in [-0.25, -0.2) is 4.98 Å². The number of hydrogen-bond acceptors (Lipinski definition) is 5. The Morgan fingerprint density at radius 1 is 0.938 bits per heavy atom. The SMILES string of the molecule is CC(=O)N1CCCN(CC(=O)N2CCC(c3cc(=O)n4c(n3)CCCCC4)CC2)CC1.Cl. The fourth-order valence-corrected chi connectivity index (χ4v) is 5.10. The van der Waals surface area contributed by atoms with Crippen LogP contribution in [0, 0.1) is 0 Å². The first-order chi connectivity index (χ1) is 15.0. The van der Waals surface area contributed by atoms with Crippen LogP contribution in [0.15, 0.2) is 10.9 Å². The molecule has 0 bridgehead atoms. The van der Waals surface area contributed by atoms with E-state index < -0.39 is 0 Å². The quantitative estimate of drug-likeness (QED) is 0.678. The van der Waals surface area contributed by atoms with Crippen LogP contribution in [-0.4, -0.2) is 81.9 Å². The molecule has 178 valence electrons. The number of halogens is 1. The van der Waals surface area contributed by atoms with E-state index >= 15 is 0 Å². The molecule has 8 nitrogen and oxygen atoms in total. The number of likely N-dealkylation sites (tertiary alicyclic amines) is 1. The molecule has 0 aliphatic carbocycles. The molecule has 1 aromatic heterocycles.